The summed E-state index contributed by atoms with van der Waals surface area (Å²) in [5.74, 6) is 0. The van der Waals surface area contributed by atoms with Crippen molar-refractivity contribution in [2.24, 2.45) is 0 Å². The first-order valence-corrected chi connectivity index (χ1v) is 19.9. The average molecular weight is 739 g/mol. The maximum atomic E-state index is 2.42. The Labute approximate surface area is 338 Å². The number of benzene rings is 10. The van der Waals surface area contributed by atoms with Crippen molar-refractivity contribution in [2.75, 3.05) is 4.90 Å². The maximum absolute atomic E-state index is 2.42. The van der Waals surface area contributed by atoms with E-state index in [2.05, 4.69) is 240 Å². The summed E-state index contributed by atoms with van der Waals surface area (Å²) in [6, 6.07) is 83.7. The summed E-state index contributed by atoms with van der Waals surface area (Å²) in [5, 5.41) is 7.47. The minimum Gasteiger partial charge on any atom is -0.310 e. The van der Waals surface area contributed by atoms with Gasteiger partial charge in [0.15, 0.2) is 0 Å². The van der Waals surface area contributed by atoms with E-state index in [1.54, 1.807) is 0 Å². The van der Waals surface area contributed by atoms with E-state index in [4.69, 9.17) is 0 Å². The molecule has 272 valence electrons. The van der Waals surface area contributed by atoms with Gasteiger partial charge in [0.2, 0.25) is 0 Å². The largest absolute Gasteiger partial charge is 0.310 e. The predicted molar refractivity (Wildman–Crippen MR) is 247 cm³/mol. The third kappa shape index (κ3) is 5.82. The standard InChI is InChI=1S/C56H38N2/c1-3-13-39(14-4-1)41-25-27-42(28-26-41)43-29-33-48(34-30-43)57(50-35-31-40-15-7-8-17-45(40)37-50)49-21-11-18-46(38-49)52-23-12-24-53-56(52)55-51-22-10-9-16-44(51)32-36-54(55)58(53)47-19-5-2-6-20-47/h1-38H. The summed E-state index contributed by atoms with van der Waals surface area (Å²) >= 11 is 0. The lowest BCUT2D eigenvalue weighted by atomic mass is 9.96. The first-order chi connectivity index (χ1) is 28.8. The van der Waals surface area contributed by atoms with Gasteiger partial charge in [0.25, 0.3) is 0 Å². The number of aromatic nitrogens is 1. The molecule has 0 unspecified atom stereocenters. The highest BCUT2D eigenvalue weighted by Gasteiger charge is 2.20. The second-order valence-electron chi connectivity index (χ2n) is 15.0. The lowest BCUT2D eigenvalue weighted by Crippen LogP contribution is -2.10. The van der Waals surface area contributed by atoms with Crippen molar-refractivity contribution >= 4 is 60.4 Å². The topological polar surface area (TPSA) is 8.17 Å². The van der Waals surface area contributed by atoms with Gasteiger partial charge in [-0.2, -0.15) is 0 Å². The lowest BCUT2D eigenvalue weighted by molar-refractivity contribution is 1.18. The molecule has 10 aromatic carbocycles. The smallest absolute Gasteiger partial charge is 0.0547 e. The van der Waals surface area contributed by atoms with E-state index < -0.39 is 0 Å². The van der Waals surface area contributed by atoms with Gasteiger partial charge in [0.1, 0.15) is 0 Å². The van der Waals surface area contributed by atoms with Crippen LogP contribution in [0.4, 0.5) is 17.1 Å². The van der Waals surface area contributed by atoms with Crippen molar-refractivity contribution < 1.29 is 0 Å². The average Bonchev–Trinajstić information content (AvgIpc) is 3.65. The molecule has 1 aromatic heterocycles. The Morgan fingerprint density at radius 2 is 0.828 bits per heavy atom. The molecule has 0 aliphatic rings. The van der Waals surface area contributed by atoms with Crippen molar-refractivity contribution in [3.8, 4) is 39.1 Å². The molecule has 0 N–H and O–H groups in total. The number of hydrogen-bond donors (Lipinski definition) is 0. The van der Waals surface area contributed by atoms with Crippen LogP contribution in [0.5, 0.6) is 0 Å². The third-order valence-corrected chi connectivity index (χ3v) is 11.6. The van der Waals surface area contributed by atoms with Crippen molar-refractivity contribution in [3.63, 3.8) is 0 Å². The fourth-order valence-corrected chi connectivity index (χ4v) is 8.79. The molecular formula is C56H38N2. The molecule has 11 aromatic rings. The number of hydrogen-bond acceptors (Lipinski definition) is 1. The van der Waals surface area contributed by atoms with Gasteiger partial charge >= 0.3 is 0 Å². The predicted octanol–water partition coefficient (Wildman–Crippen LogP) is 15.6. The molecule has 58 heavy (non-hydrogen) atoms. The Hall–Kier alpha value is -7.68. The molecule has 0 fully saturated rings. The van der Waals surface area contributed by atoms with Gasteiger partial charge in [-0.25, -0.2) is 0 Å². The van der Waals surface area contributed by atoms with Gasteiger partial charge in [-0.15, -0.1) is 0 Å². The van der Waals surface area contributed by atoms with Crippen molar-refractivity contribution in [1.82, 2.24) is 4.57 Å². The summed E-state index contributed by atoms with van der Waals surface area (Å²) in [6.45, 7) is 0. The molecule has 0 atom stereocenters. The van der Waals surface area contributed by atoms with Crippen molar-refractivity contribution in [1.29, 1.82) is 0 Å². The first-order valence-electron chi connectivity index (χ1n) is 19.9. The van der Waals surface area contributed by atoms with Crippen LogP contribution in [0, 0.1) is 0 Å². The van der Waals surface area contributed by atoms with Crippen LogP contribution in [0.15, 0.2) is 231 Å². The number of para-hydroxylation sites is 1. The second kappa shape index (κ2) is 14.1. The Morgan fingerprint density at radius 3 is 1.59 bits per heavy atom. The molecule has 11 rings (SSSR count). The highest BCUT2D eigenvalue weighted by Crippen LogP contribution is 2.44. The Bertz CT molecular complexity index is 3250. The fraction of sp³-hybridized carbons (Fsp3) is 0. The quantitative estimate of drug-likeness (QED) is 0.158. The van der Waals surface area contributed by atoms with E-state index in [-0.39, 0.29) is 0 Å². The molecular weight excluding hydrogens is 701 g/mol. The number of anilines is 3. The normalized spacial score (nSPS) is 11.4. The SMILES string of the molecule is c1ccc(-c2ccc(-c3ccc(N(c4cccc(-c5cccc6c5c5c7ccccc7ccc5n6-c5ccccc5)c4)c4ccc5ccccc5c4)cc3)cc2)cc1. The zero-order valence-electron chi connectivity index (χ0n) is 31.8. The Morgan fingerprint density at radius 1 is 0.293 bits per heavy atom. The van der Waals surface area contributed by atoms with Gasteiger partial charge in [-0.1, -0.05) is 170 Å². The molecule has 0 radical (unpaired) electrons. The summed E-state index contributed by atoms with van der Waals surface area (Å²) in [5.41, 5.74) is 14.1. The first kappa shape index (κ1) is 33.6. The van der Waals surface area contributed by atoms with Gasteiger partial charge in [-0.05, 0) is 116 Å². The van der Waals surface area contributed by atoms with E-state index in [1.807, 2.05) is 0 Å². The molecule has 2 heteroatoms. The summed E-state index contributed by atoms with van der Waals surface area (Å²) < 4.78 is 2.42. The zero-order valence-corrected chi connectivity index (χ0v) is 31.8. The summed E-state index contributed by atoms with van der Waals surface area (Å²) in [4.78, 5) is 2.39. The van der Waals surface area contributed by atoms with Gasteiger partial charge in [0.05, 0.1) is 11.0 Å². The lowest BCUT2D eigenvalue weighted by Gasteiger charge is -2.26. The Kier molecular flexibility index (Phi) is 8.19. The van der Waals surface area contributed by atoms with E-state index in [9.17, 15) is 0 Å². The molecule has 0 saturated heterocycles. The van der Waals surface area contributed by atoms with Crippen LogP contribution >= 0.6 is 0 Å². The maximum Gasteiger partial charge on any atom is 0.0547 e. The third-order valence-electron chi connectivity index (χ3n) is 11.6. The number of fused-ring (bicyclic) bond motifs is 6. The molecule has 0 saturated carbocycles. The highest BCUT2D eigenvalue weighted by molar-refractivity contribution is 6.25. The number of nitrogens with zero attached hydrogens (tertiary/aromatic N) is 2. The summed E-state index contributed by atoms with van der Waals surface area (Å²) in [6.07, 6.45) is 0. The molecule has 2 nitrogen and oxygen atoms in total. The van der Waals surface area contributed by atoms with Crippen LogP contribution in [0.3, 0.4) is 0 Å². The van der Waals surface area contributed by atoms with Crippen LogP contribution in [0.1, 0.15) is 0 Å². The van der Waals surface area contributed by atoms with Crippen LogP contribution in [0.2, 0.25) is 0 Å². The van der Waals surface area contributed by atoms with Crippen molar-refractivity contribution in [3.05, 3.63) is 231 Å². The molecule has 0 amide bonds. The van der Waals surface area contributed by atoms with Crippen LogP contribution in [0.25, 0.3) is 82.4 Å². The van der Waals surface area contributed by atoms with E-state index >= 15 is 0 Å². The zero-order chi connectivity index (χ0) is 38.4. The monoisotopic (exact) mass is 738 g/mol. The molecule has 0 spiro atoms. The molecule has 0 aliphatic heterocycles. The minimum atomic E-state index is 1.10. The highest BCUT2D eigenvalue weighted by atomic mass is 15.1. The van der Waals surface area contributed by atoms with Crippen LogP contribution in [-0.4, -0.2) is 4.57 Å². The van der Waals surface area contributed by atoms with E-state index in [0.29, 0.717) is 0 Å². The Balaban J connectivity index is 1.07. The van der Waals surface area contributed by atoms with E-state index in [1.165, 1.54) is 76.7 Å². The van der Waals surface area contributed by atoms with Crippen LogP contribution in [-0.2, 0) is 0 Å². The fourth-order valence-electron chi connectivity index (χ4n) is 8.79. The van der Waals surface area contributed by atoms with Crippen LogP contribution < -0.4 is 4.90 Å². The van der Waals surface area contributed by atoms with Crippen molar-refractivity contribution in [2.45, 2.75) is 0 Å². The molecule has 0 aliphatic carbocycles. The van der Waals surface area contributed by atoms with E-state index in [0.717, 1.165) is 22.7 Å². The van der Waals surface area contributed by atoms with Gasteiger partial charge in [0, 0.05) is 33.5 Å². The minimum absolute atomic E-state index is 1.10. The molecule has 1 heterocycles. The van der Waals surface area contributed by atoms with Gasteiger partial charge in [-0.3, -0.25) is 0 Å². The molecule has 0 bridgehead atoms. The summed E-state index contributed by atoms with van der Waals surface area (Å²) in [7, 11) is 0. The van der Waals surface area contributed by atoms with Gasteiger partial charge < -0.3 is 9.47 Å². The second-order valence-corrected chi connectivity index (χ2v) is 15.0. The number of rotatable bonds is 7.